The third kappa shape index (κ3) is 4.11. The molecule has 3 rings (SSSR count). The van der Waals surface area contributed by atoms with Crippen LogP contribution in [-0.4, -0.2) is 34.5 Å². The Balaban J connectivity index is 1.79. The lowest BCUT2D eigenvalue weighted by atomic mass is 10.2. The quantitative estimate of drug-likeness (QED) is 0.595. The SMILES string of the molecule is COc1ccccc1/C=N\N=C1\S[C@@H](C)C(=O)N1Cc1ccc(F)cc1. The molecule has 0 unspecified atom stereocenters. The fourth-order valence-corrected chi connectivity index (χ4v) is 3.42. The van der Waals surface area contributed by atoms with Crippen LogP contribution in [0.5, 0.6) is 5.75 Å². The van der Waals surface area contributed by atoms with Gasteiger partial charge in [0.05, 0.1) is 25.1 Å². The van der Waals surface area contributed by atoms with Crippen LogP contribution in [0.1, 0.15) is 18.1 Å². The number of ether oxygens (including phenoxy) is 1. The average molecular weight is 371 g/mol. The van der Waals surface area contributed by atoms with Crippen LogP contribution < -0.4 is 4.74 Å². The zero-order valence-corrected chi connectivity index (χ0v) is 15.2. The lowest BCUT2D eigenvalue weighted by molar-refractivity contribution is -0.126. The summed E-state index contributed by atoms with van der Waals surface area (Å²) in [6.45, 7) is 2.16. The number of amidine groups is 1. The summed E-state index contributed by atoms with van der Waals surface area (Å²) in [5.41, 5.74) is 1.63. The van der Waals surface area contributed by atoms with E-state index < -0.39 is 0 Å². The third-order valence-corrected chi connectivity index (χ3v) is 4.93. The van der Waals surface area contributed by atoms with Crippen molar-refractivity contribution in [2.75, 3.05) is 7.11 Å². The molecule has 0 aliphatic carbocycles. The molecular weight excluding hydrogens is 353 g/mol. The Morgan fingerprint density at radius 2 is 1.96 bits per heavy atom. The molecule has 0 N–H and O–H groups in total. The van der Waals surface area contributed by atoms with E-state index in [-0.39, 0.29) is 17.0 Å². The maximum Gasteiger partial charge on any atom is 0.242 e. The summed E-state index contributed by atoms with van der Waals surface area (Å²) in [4.78, 5) is 14.0. The fraction of sp³-hybridized carbons (Fsp3) is 0.211. The van der Waals surface area contributed by atoms with E-state index in [0.717, 1.165) is 11.1 Å². The van der Waals surface area contributed by atoms with Gasteiger partial charge in [0.1, 0.15) is 11.6 Å². The van der Waals surface area contributed by atoms with Crippen LogP contribution in [0.15, 0.2) is 58.7 Å². The molecule has 1 aliphatic heterocycles. The maximum absolute atomic E-state index is 13.1. The van der Waals surface area contributed by atoms with E-state index in [4.69, 9.17) is 4.74 Å². The van der Waals surface area contributed by atoms with Gasteiger partial charge in [-0.25, -0.2) is 4.39 Å². The van der Waals surface area contributed by atoms with E-state index in [9.17, 15) is 9.18 Å². The molecular formula is C19H18FN3O2S. The third-order valence-electron chi connectivity index (χ3n) is 3.86. The van der Waals surface area contributed by atoms with E-state index in [1.54, 1.807) is 30.4 Å². The smallest absolute Gasteiger partial charge is 0.242 e. The number of hydrogen-bond donors (Lipinski definition) is 0. The second kappa shape index (κ2) is 8.14. The predicted molar refractivity (Wildman–Crippen MR) is 102 cm³/mol. The number of amides is 1. The van der Waals surface area contributed by atoms with Gasteiger partial charge >= 0.3 is 0 Å². The molecule has 0 saturated carbocycles. The number of methoxy groups -OCH3 is 1. The molecule has 2 aromatic rings. The molecule has 7 heteroatoms. The van der Waals surface area contributed by atoms with E-state index >= 15 is 0 Å². The minimum atomic E-state index is -0.306. The van der Waals surface area contributed by atoms with Crippen LogP contribution in [0.4, 0.5) is 4.39 Å². The van der Waals surface area contributed by atoms with Crippen molar-refractivity contribution in [1.29, 1.82) is 0 Å². The highest BCUT2D eigenvalue weighted by molar-refractivity contribution is 8.15. The zero-order valence-electron chi connectivity index (χ0n) is 14.4. The van der Waals surface area contributed by atoms with Gasteiger partial charge in [-0.2, -0.15) is 5.10 Å². The fourth-order valence-electron chi connectivity index (χ4n) is 2.49. The normalized spacial score (nSPS) is 18.9. The lowest BCUT2D eigenvalue weighted by Gasteiger charge is -2.15. The molecule has 0 spiro atoms. The van der Waals surface area contributed by atoms with Crippen LogP contribution in [0.3, 0.4) is 0 Å². The van der Waals surface area contributed by atoms with Crippen molar-refractivity contribution in [2.24, 2.45) is 10.2 Å². The van der Waals surface area contributed by atoms with Crippen LogP contribution >= 0.6 is 11.8 Å². The Hall–Kier alpha value is -2.67. The number of hydrogen-bond acceptors (Lipinski definition) is 5. The summed E-state index contributed by atoms with van der Waals surface area (Å²) in [5.74, 6) is 0.355. The van der Waals surface area contributed by atoms with Gasteiger partial charge in [0, 0.05) is 5.56 Å². The molecule has 0 aromatic heterocycles. The number of para-hydroxylation sites is 1. The number of carbonyl (C=O) groups excluding carboxylic acids is 1. The van der Waals surface area contributed by atoms with Crippen molar-refractivity contribution >= 4 is 29.1 Å². The summed E-state index contributed by atoms with van der Waals surface area (Å²) in [6.07, 6.45) is 1.59. The Morgan fingerprint density at radius 3 is 2.69 bits per heavy atom. The maximum atomic E-state index is 13.1. The summed E-state index contributed by atoms with van der Waals surface area (Å²) < 4.78 is 18.3. The van der Waals surface area contributed by atoms with Crippen molar-refractivity contribution < 1.29 is 13.9 Å². The first kappa shape index (κ1) is 18.1. The van der Waals surface area contributed by atoms with Crippen molar-refractivity contribution in [1.82, 2.24) is 4.90 Å². The number of rotatable bonds is 5. The van der Waals surface area contributed by atoms with Gasteiger partial charge < -0.3 is 4.74 Å². The summed E-state index contributed by atoms with van der Waals surface area (Å²) >= 11 is 1.36. The standard InChI is InChI=1S/C19H18FN3O2S/c1-13-18(24)23(12-14-7-9-16(20)10-8-14)19(26-13)22-21-11-15-5-3-4-6-17(15)25-2/h3-11,13H,12H2,1-2H3/b21-11-,22-19+/t13-/m0/s1. The second-order valence-corrected chi connectivity index (χ2v) is 6.99. The first-order valence-electron chi connectivity index (χ1n) is 8.05. The molecule has 0 radical (unpaired) electrons. The second-order valence-electron chi connectivity index (χ2n) is 5.68. The molecule has 1 atom stereocenters. The van der Waals surface area contributed by atoms with Gasteiger partial charge in [0.15, 0.2) is 5.17 Å². The Bertz CT molecular complexity index is 852. The monoisotopic (exact) mass is 371 g/mol. The molecule has 1 heterocycles. The Kier molecular flexibility index (Phi) is 5.68. The van der Waals surface area contributed by atoms with E-state index in [1.165, 1.54) is 23.9 Å². The molecule has 1 amide bonds. The minimum Gasteiger partial charge on any atom is -0.496 e. The minimum absolute atomic E-state index is 0.0365. The van der Waals surface area contributed by atoms with Gasteiger partial charge in [-0.15, -0.1) is 5.10 Å². The van der Waals surface area contributed by atoms with Gasteiger partial charge in [0.25, 0.3) is 0 Å². The van der Waals surface area contributed by atoms with E-state index in [1.807, 2.05) is 31.2 Å². The summed E-state index contributed by atoms with van der Waals surface area (Å²) in [5, 5.41) is 8.63. The highest BCUT2D eigenvalue weighted by Gasteiger charge is 2.35. The number of nitrogens with zero attached hydrogens (tertiary/aromatic N) is 3. The molecule has 0 bridgehead atoms. The van der Waals surface area contributed by atoms with Gasteiger partial charge in [-0.05, 0) is 36.8 Å². The Labute approximate surface area is 155 Å². The number of thioether (sulfide) groups is 1. The lowest BCUT2D eigenvalue weighted by Crippen LogP contribution is -2.30. The molecule has 5 nitrogen and oxygen atoms in total. The average Bonchev–Trinajstić information content (AvgIpc) is 2.91. The molecule has 1 fully saturated rings. The molecule has 26 heavy (non-hydrogen) atoms. The van der Waals surface area contributed by atoms with Crippen molar-refractivity contribution in [3.8, 4) is 5.75 Å². The van der Waals surface area contributed by atoms with Crippen LogP contribution in [0.25, 0.3) is 0 Å². The molecule has 1 saturated heterocycles. The highest BCUT2D eigenvalue weighted by Crippen LogP contribution is 2.28. The van der Waals surface area contributed by atoms with Crippen LogP contribution in [0.2, 0.25) is 0 Å². The molecule has 2 aromatic carbocycles. The van der Waals surface area contributed by atoms with E-state index in [0.29, 0.717) is 17.5 Å². The Morgan fingerprint density at radius 1 is 1.23 bits per heavy atom. The summed E-state index contributed by atoms with van der Waals surface area (Å²) in [7, 11) is 1.59. The van der Waals surface area contributed by atoms with Crippen LogP contribution in [0, 0.1) is 5.82 Å². The zero-order chi connectivity index (χ0) is 18.5. The predicted octanol–water partition coefficient (Wildman–Crippen LogP) is 3.69. The first-order chi connectivity index (χ1) is 12.6. The number of benzene rings is 2. The number of carbonyl (C=O) groups is 1. The van der Waals surface area contributed by atoms with Gasteiger partial charge in [0.2, 0.25) is 5.91 Å². The topological polar surface area (TPSA) is 54.3 Å². The highest BCUT2D eigenvalue weighted by atomic mass is 32.2. The van der Waals surface area contributed by atoms with Crippen molar-refractivity contribution in [3.63, 3.8) is 0 Å². The van der Waals surface area contributed by atoms with Gasteiger partial charge in [-0.1, -0.05) is 36.0 Å². The van der Waals surface area contributed by atoms with Gasteiger partial charge in [-0.3, -0.25) is 9.69 Å². The van der Waals surface area contributed by atoms with Crippen molar-refractivity contribution in [3.05, 3.63) is 65.5 Å². The molecule has 1 aliphatic rings. The van der Waals surface area contributed by atoms with E-state index in [2.05, 4.69) is 10.2 Å². The largest absolute Gasteiger partial charge is 0.496 e. The molecule has 134 valence electrons. The van der Waals surface area contributed by atoms with Crippen molar-refractivity contribution in [2.45, 2.75) is 18.7 Å². The summed E-state index contributed by atoms with van der Waals surface area (Å²) in [6, 6.07) is 13.5. The first-order valence-corrected chi connectivity index (χ1v) is 8.93. The van der Waals surface area contributed by atoms with Crippen LogP contribution in [-0.2, 0) is 11.3 Å². The number of halogens is 1.